The van der Waals surface area contributed by atoms with E-state index in [0.717, 1.165) is 46.7 Å². The maximum Gasteiger partial charge on any atom is 0.222 e. The van der Waals surface area contributed by atoms with Gasteiger partial charge in [0.05, 0.1) is 11.0 Å². The molecule has 2 heterocycles. The second-order valence-corrected chi connectivity index (χ2v) is 7.16. The molecule has 2 aromatic heterocycles. The quantitative estimate of drug-likeness (QED) is 0.490. The van der Waals surface area contributed by atoms with Crippen LogP contribution < -0.4 is 0 Å². The van der Waals surface area contributed by atoms with Crippen LogP contribution in [-0.2, 0) is 17.6 Å². The SMILES string of the molecule is CN(CCCc1cc(-c2ccccc2)no1)C(=O)CCc1nc2ccccc2[nH]1. The standard InChI is InChI=1S/C23H24N4O2/c1-27(23(28)14-13-22-24-19-11-5-6-12-20(19)25-22)15-7-10-18-16-21(26-29-18)17-8-3-2-4-9-17/h2-6,8-9,11-12,16H,7,10,13-15H2,1H3,(H,24,25). The zero-order valence-corrected chi connectivity index (χ0v) is 16.5. The number of imidazole rings is 1. The number of benzene rings is 2. The fourth-order valence-electron chi connectivity index (χ4n) is 3.33. The van der Waals surface area contributed by atoms with Gasteiger partial charge in [0.2, 0.25) is 5.91 Å². The topological polar surface area (TPSA) is 75.0 Å². The molecule has 0 bridgehead atoms. The summed E-state index contributed by atoms with van der Waals surface area (Å²) in [5, 5.41) is 4.13. The predicted octanol–water partition coefficient (Wildman–Crippen LogP) is 4.24. The highest BCUT2D eigenvalue weighted by molar-refractivity contribution is 5.77. The number of aryl methyl sites for hydroxylation is 2. The second-order valence-electron chi connectivity index (χ2n) is 7.16. The average molecular weight is 388 g/mol. The fourth-order valence-corrected chi connectivity index (χ4v) is 3.33. The van der Waals surface area contributed by atoms with E-state index in [1.54, 1.807) is 4.90 Å². The Morgan fingerprint density at radius 3 is 2.69 bits per heavy atom. The molecular formula is C23H24N4O2. The first-order chi connectivity index (χ1) is 14.2. The Kier molecular flexibility index (Phi) is 5.70. The molecule has 4 aromatic rings. The van der Waals surface area contributed by atoms with Crippen LogP contribution in [0.15, 0.2) is 65.2 Å². The van der Waals surface area contributed by atoms with E-state index >= 15 is 0 Å². The molecule has 0 unspecified atom stereocenters. The zero-order valence-electron chi connectivity index (χ0n) is 16.5. The lowest BCUT2D eigenvalue weighted by atomic mass is 10.1. The van der Waals surface area contributed by atoms with E-state index in [1.165, 1.54) is 0 Å². The van der Waals surface area contributed by atoms with E-state index in [2.05, 4.69) is 15.1 Å². The number of fused-ring (bicyclic) bond motifs is 1. The summed E-state index contributed by atoms with van der Waals surface area (Å²) in [5.41, 5.74) is 3.83. The van der Waals surface area contributed by atoms with Crippen LogP contribution >= 0.6 is 0 Å². The molecule has 0 atom stereocenters. The van der Waals surface area contributed by atoms with Gasteiger partial charge in [0, 0.05) is 44.5 Å². The molecule has 0 radical (unpaired) electrons. The largest absolute Gasteiger partial charge is 0.361 e. The molecule has 148 valence electrons. The van der Waals surface area contributed by atoms with Gasteiger partial charge in [0.25, 0.3) is 0 Å². The molecule has 29 heavy (non-hydrogen) atoms. The number of amides is 1. The van der Waals surface area contributed by atoms with Crippen LogP contribution in [0.3, 0.4) is 0 Å². The molecular weight excluding hydrogens is 364 g/mol. The number of H-pyrrole nitrogens is 1. The third-order valence-electron chi connectivity index (χ3n) is 4.99. The summed E-state index contributed by atoms with van der Waals surface area (Å²) in [4.78, 5) is 22.0. The van der Waals surface area contributed by atoms with Gasteiger partial charge in [-0.2, -0.15) is 0 Å². The molecule has 0 aliphatic heterocycles. The van der Waals surface area contributed by atoms with Crippen molar-refractivity contribution in [3.63, 3.8) is 0 Å². The van der Waals surface area contributed by atoms with Gasteiger partial charge < -0.3 is 14.4 Å². The lowest BCUT2D eigenvalue weighted by Crippen LogP contribution is -2.28. The molecule has 2 aromatic carbocycles. The first-order valence-electron chi connectivity index (χ1n) is 9.87. The normalized spacial score (nSPS) is 11.1. The van der Waals surface area contributed by atoms with Crippen molar-refractivity contribution in [2.75, 3.05) is 13.6 Å². The Labute approximate surface area is 169 Å². The van der Waals surface area contributed by atoms with Crippen LogP contribution in [0.4, 0.5) is 0 Å². The Hall–Kier alpha value is -3.41. The van der Waals surface area contributed by atoms with Crippen molar-refractivity contribution in [3.8, 4) is 11.3 Å². The first kappa shape index (κ1) is 18.9. The lowest BCUT2D eigenvalue weighted by molar-refractivity contribution is -0.129. The van der Waals surface area contributed by atoms with Crippen LogP contribution in [0.1, 0.15) is 24.4 Å². The minimum Gasteiger partial charge on any atom is -0.361 e. The van der Waals surface area contributed by atoms with E-state index in [4.69, 9.17) is 4.52 Å². The van der Waals surface area contributed by atoms with E-state index in [0.29, 0.717) is 19.4 Å². The van der Waals surface area contributed by atoms with Gasteiger partial charge in [0.15, 0.2) is 0 Å². The highest BCUT2D eigenvalue weighted by atomic mass is 16.5. The molecule has 0 saturated carbocycles. The lowest BCUT2D eigenvalue weighted by Gasteiger charge is -2.16. The van der Waals surface area contributed by atoms with Gasteiger partial charge in [-0.1, -0.05) is 47.6 Å². The van der Waals surface area contributed by atoms with Crippen molar-refractivity contribution in [1.82, 2.24) is 20.0 Å². The number of nitrogens with one attached hydrogen (secondary N) is 1. The van der Waals surface area contributed by atoms with Crippen LogP contribution in [-0.4, -0.2) is 39.5 Å². The third-order valence-corrected chi connectivity index (χ3v) is 4.99. The predicted molar refractivity (Wildman–Crippen MR) is 112 cm³/mol. The van der Waals surface area contributed by atoms with Gasteiger partial charge >= 0.3 is 0 Å². The van der Waals surface area contributed by atoms with Crippen molar-refractivity contribution in [3.05, 3.63) is 72.2 Å². The number of rotatable bonds is 8. The molecule has 4 rings (SSSR count). The summed E-state index contributed by atoms with van der Waals surface area (Å²) in [6.07, 6.45) is 2.63. The van der Waals surface area contributed by atoms with Crippen molar-refractivity contribution in [1.29, 1.82) is 0 Å². The minimum absolute atomic E-state index is 0.119. The Balaban J connectivity index is 1.22. The molecule has 0 fully saturated rings. The van der Waals surface area contributed by atoms with Crippen molar-refractivity contribution in [2.45, 2.75) is 25.7 Å². The van der Waals surface area contributed by atoms with E-state index in [-0.39, 0.29) is 5.91 Å². The number of aromatic nitrogens is 3. The summed E-state index contributed by atoms with van der Waals surface area (Å²) >= 11 is 0. The van der Waals surface area contributed by atoms with Crippen LogP contribution in [0, 0.1) is 0 Å². The smallest absolute Gasteiger partial charge is 0.222 e. The van der Waals surface area contributed by atoms with E-state index in [9.17, 15) is 4.79 Å². The van der Waals surface area contributed by atoms with Gasteiger partial charge in [0.1, 0.15) is 17.3 Å². The third kappa shape index (κ3) is 4.71. The van der Waals surface area contributed by atoms with Gasteiger partial charge in [-0.25, -0.2) is 4.98 Å². The number of carbonyl (C=O) groups is 1. The van der Waals surface area contributed by atoms with Crippen LogP contribution in [0.2, 0.25) is 0 Å². The van der Waals surface area contributed by atoms with Gasteiger partial charge in [-0.05, 0) is 18.6 Å². The maximum atomic E-state index is 12.4. The highest BCUT2D eigenvalue weighted by Gasteiger charge is 2.12. The molecule has 0 aliphatic rings. The van der Waals surface area contributed by atoms with Crippen molar-refractivity contribution < 1.29 is 9.32 Å². The van der Waals surface area contributed by atoms with E-state index in [1.807, 2.05) is 67.7 Å². The summed E-state index contributed by atoms with van der Waals surface area (Å²) in [5.74, 6) is 1.81. The zero-order chi connectivity index (χ0) is 20.1. The molecule has 0 saturated heterocycles. The minimum atomic E-state index is 0.119. The summed E-state index contributed by atoms with van der Waals surface area (Å²) in [7, 11) is 1.84. The van der Waals surface area contributed by atoms with Gasteiger partial charge in [-0.3, -0.25) is 4.79 Å². The Morgan fingerprint density at radius 2 is 1.86 bits per heavy atom. The summed E-state index contributed by atoms with van der Waals surface area (Å²) in [6, 6.07) is 19.8. The average Bonchev–Trinajstić information content (AvgIpc) is 3.39. The molecule has 6 nitrogen and oxygen atoms in total. The second kappa shape index (κ2) is 8.73. The number of aromatic amines is 1. The first-order valence-corrected chi connectivity index (χ1v) is 9.87. The van der Waals surface area contributed by atoms with Crippen LogP contribution in [0.5, 0.6) is 0 Å². The maximum absolute atomic E-state index is 12.4. The molecule has 0 spiro atoms. The molecule has 1 N–H and O–H groups in total. The molecule has 0 aliphatic carbocycles. The Morgan fingerprint density at radius 1 is 1.07 bits per heavy atom. The number of hydrogen-bond donors (Lipinski definition) is 1. The summed E-state index contributed by atoms with van der Waals surface area (Å²) < 4.78 is 5.43. The van der Waals surface area contributed by atoms with Gasteiger partial charge in [-0.15, -0.1) is 0 Å². The number of carbonyl (C=O) groups excluding carboxylic acids is 1. The van der Waals surface area contributed by atoms with E-state index < -0.39 is 0 Å². The number of para-hydroxylation sites is 2. The molecule has 1 amide bonds. The van der Waals surface area contributed by atoms with Crippen molar-refractivity contribution >= 4 is 16.9 Å². The van der Waals surface area contributed by atoms with Crippen molar-refractivity contribution in [2.24, 2.45) is 0 Å². The molecule has 6 heteroatoms. The Bertz CT molecular complexity index is 1050. The fraction of sp³-hybridized carbons (Fsp3) is 0.261. The highest BCUT2D eigenvalue weighted by Crippen LogP contribution is 2.19. The number of nitrogens with zero attached hydrogens (tertiary/aromatic N) is 3. The number of hydrogen-bond acceptors (Lipinski definition) is 4. The summed E-state index contributed by atoms with van der Waals surface area (Å²) in [6.45, 7) is 0.681. The monoisotopic (exact) mass is 388 g/mol. The van der Waals surface area contributed by atoms with Crippen LogP contribution in [0.25, 0.3) is 22.3 Å².